The highest BCUT2D eigenvalue weighted by molar-refractivity contribution is 5.94. The van der Waals surface area contributed by atoms with Gasteiger partial charge in [-0.25, -0.2) is 4.79 Å². The Hall–Kier alpha value is -3.23. The van der Waals surface area contributed by atoms with Crippen molar-refractivity contribution in [2.45, 2.75) is 19.0 Å². The number of methoxy groups -OCH3 is 1. The molecule has 1 heterocycles. The van der Waals surface area contributed by atoms with Crippen molar-refractivity contribution >= 4 is 17.6 Å². The van der Waals surface area contributed by atoms with Gasteiger partial charge in [-0.3, -0.25) is 4.79 Å². The Morgan fingerprint density at radius 1 is 1.10 bits per heavy atom. The highest BCUT2D eigenvalue weighted by atomic mass is 19.4. The molecule has 1 aliphatic rings. The Bertz CT molecular complexity index is 925. The molecule has 9 heteroatoms. The van der Waals surface area contributed by atoms with Crippen LogP contribution in [0.1, 0.15) is 28.8 Å². The van der Waals surface area contributed by atoms with E-state index in [0.717, 1.165) is 12.1 Å². The molecule has 0 spiro atoms. The van der Waals surface area contributed by atoms with Gasteiger partial charge < -0.3 is 20.3 Å². The summed E-state index contributed by atoms with van der Waals surface area (Å²) in [5.74, 6) is 0.176. The SMILES string of the molecule is COc1ccccc1NC(=O)N1CCC(CNC(=O)c2cccc(C(F)(F)F)c2)CC1. The first-order chi connectivity index (χ1) is 14.8. The van der Waals surface area contributed by atoms with Crippen molar-refractivity contribution in [3.05, 3.63) is 59.7 Å². The van der Waals surface area contributed by atoms with Gasteiger partial charge in [-0.1, -0.05) is 18.2 Å². The van der Waals surface area contributed by atoms with E-state index in [1.54, 1.807) is 23.1 Å². The molecule has 3 amide bonds. The molecule has 0 bridgehead atoms. The van der Waals surface area contributed by atoms with E-state index in [9.17, 15) is 22.8 Å². The van der Waals surface area contributed by atoms with Crippen molar-refractivity contribution in [1.29, 1.82) is 0 Å². The van der Waals surface area contributed by atoms with Gasteiger partial charge in [-0.15, -0.1) is 0 Å². The average molecular weight is 435 g/mol. The first-order valence-corrected chi connectivity index (χ1v) is 9.92. The summed E-state index contributed by atoms with van der Waals surface area (Å²) in [5.41, 5.74) is -0.288. The van der Waals surface area contributed by atoms with Crippen LogP contribution in [0.5, 0.6) is 5.75 Å². The third-order valence-corrected chi connectivity index (χ3v) is 5.25. The van der Waals surface area contributed by atoms with E-state index in [0.29, 0.717) is 43.9 Å². The number of amides is 3. The van der Waals surface area contributed by atoms with Gasteiger partial charge in [0.15, 0.2) is 0 Å². The molecular formula is C22H24F3N3O3. The van der Waals surface area contributed by atoms with Gasteiger partial charge in [0.05, 0.1) is 18.4 Å². The van der Waals surface area contributed by atoms with Crippen molar-refractivity contribution < 1.29 is 27.5 Å². The highest BCUT2D eigenvalue weighted by Crippen LogP contribution is 2.29. The Kier molecular flexibility index (Phi) is 7.04. The van der Waals surface area contributed by atoms with Crippen LogP contribution in [0.3, 0.4) is 0 Å². The van der Waals surface area contributed by atoms with Gasteiger partial charge in [-0.2, -0.15) is 13.2 Å². The van der Waals surface area contributed by atoms with Crippen LogP contribution in [0.4, 0.5) is 23.7 Å². The largest absolute Gasteiger partial charge is 0.495 e. The maximum Gasteiger partial charge on any atom is 0.416 e. The van der Waals surface area contributed by atoms with E-state index in [1.807, 2.05) is 6.07 Å². The molecule has 1 fully saturated rings. The van der Waals surface area contributed by atoms with Gasteiger partial charge in [-0.05, 0) is 49.1 Å². The third-order valence-electron chi connectivity index (χ3n) is 5.25. The predicted octanol–water partition coefficient (Wildman–Crippen LogP) is 4.39. The molecular weight excluding hydrogens is 411 g/mol. The van der Waals surface area contributed by atoms with E-state index in [2.05, 4.69) is 10.6 Å². The molecule has 0 aromatic heterocycles. The normalized spacial score (nSPS) is 14.8. The van der Waals surface area contributed by atoms with Crippen LogP contribution < -0.4 is 15.4 Å². The number of para-hydroxylation sites is 2. The number of likely N-dealkylation sites (tertiary alicyclic amines) is 1. The molecule has 0 unspecified atom stereocenters. The summed E-state index contributed by atoms with van der Waals surface area (Å²) < 4.78 is 43.7. The van der Waals surface area contributed by atoms with E-state index in [4.69, 9.17) is 4.74 Å². The first-order valence-electron chi connectivity index (χ1n) is 9.92. The lowest BCUT2D eigenvalue weighted by molar-refractivity contribution is -0.137. The quantitative estimate of drug-likeness (QED) is 0.732. The lowest BCUT2D eigenvalue weighted by Crippen LogP contribution is -2.43. The van der Waals surface area contributed by atoms with Gasteiger partial charge in [0.1, 0.15) is 5.75 Å². The molecule has 0 atom stereocenters. The third kappa shape index (κ3) is 5.90. The number of hydrogen-bond acceptors (Lipinski definition) is 3. The lowest BCUT2D eigenvalue weighted by Gasteiger charge is -2.32. The number of carbonyl (C=O) groups excluding carboxylic acids is 2. The molecule has 0 saturated carbocycles. The summed E-state index contributed by atoms with van der Waals surface area (Å²) in [6.45, 7) is 1.38. The second-order valence-corrected chi connectivity index (χ2v) is 7.35. The Labute approximate surface area is 178 Å². The number of ether oxygens (including phenoxy) is 1. The number of piperidine rings is 1. The van der Waals surface area contributed by atoms with E-state index >= 15 is 0 Å². The topological polar surface area (TPSA) is 70.7 Å². The molecule has 1 aliphatic heterocycles. The number of hydrogen-bond donors (Lipinski definition) is 2. The minimum atomic E-state index is -4.49. The number of nitrogens with zero attached hydrogens (tertiary/aromatic N) is 1. The molecule has 2 aromatic carbocycles. The van der Waals surface area contributed by atoms with Crippen LogP contribution in [0, 0.1) is 5.92 Å². The zero-order valence-corrected chi connectivity index (χ0v) is 17.0. The number of alkyl halides is 3. The zero-order chi connectivity index (χ0) is 22.4. The fraction of sp³-hybridized carbons (Fsp3) is 0.364. The van der Waals surface area contributed by atoms with Crippen molar-refractivity contribution in [1.82, 2.24) is 10.2 Å². The number of benzene rings is 2. The Balaban J connectivity index is 1.47. The van der Waals surface area contributed by atoms with Crippen LogP contribution in [0.25, 0.3) is 0 Å². The predicted molar refractivity (Wildman–Crippen MR) is 110 cm³/mol. The number of anilines is 1. The standard InChI is InChI=1S/C22H24F3N3O3/c1-31-19-8-3-2-7-18(19)27-21(30)28-11-9-15(10-12-28)14-26-20(29)16-5-4-6-17(13-16)22(23,24)25/h2-8,13,15H,9-12,14H2,1H3,(H,26,29)(H,27,30). The minimum Gasteiger partial charge on any atom is -0.495 e. The molecule has 0 radical (unpaired) electrons. The van der Waals surface area contributed by atoms with Crippen LogP contribution >= 0.6 is 0 Å². The van der Waals surface area contributed by atoms with Crippen molar-refractivity contribution in [2.24, 2.45) is 5.92 Å². The molecule has 6 nitrogen and oxygen atoms in total. The van der Waals surface area contributed by atoms with Crippen molar-refractivity contribution in [3.8, 4) is 5.75 Å². The highest BCUT2D eigenvalue weighted by Gasteiger charge is 2.31. The van der Waals surface area contributed by atoms with Crippen LogP contribution in [0.15, 0.2) is 48.5 Å². The van der Waals surface area contributed by atoms with Crippen LogP contribution in [-0.2, 0) is 6.18 Å². The van der Waals surface area contributed by atoms with E-state index in [1.165, 1.54) is 19.2 Å². The zero-order valence-electron chi connectivity index (χ0n) is 17.0. The summed E-state index contributed by atoms with van der Waals surface area (Å²) >= 11 is 0. The first kappa shape index (κ1) is 22.5. The smallest absolute Gasteiger partial charge is 0.416 e. The number of nitrogens with one attached hydrogen (secondary N) is 2. The number of halogens is 3. The van der Waals surface area contributed by atoms with Crippen molar-refractivity contribution in [3.63, 3.8) is 0 Å². The van der Waals surface area contributed by atoms with Gasteiger partial charge in [0.25, 0.3) is 5.91 Å². The van der Waals surface area contributed by atoms with E-state index < -0.39 is 17.6 Å². The summed E-state index contributed by atoms with van der Waals surface area (Å²) in [5, 5.41) is 5.54. The lowest BCUT2D eigenvalue weighted by atomic mass is 9.97. The maximum atomic E-state index is 12.8. The van der Waals surface area contributed by atoms with Crippen LogP contribution in [-0.4, -0.2) is 43.6 Å². The Morgan fingerprint density at radius 3 is 2.48 bits per heavy atom. The summed E-state index contributed by atoms with van der Waals surface area (Å²) in [6, 6.07) is 11.3. The van der Waals surface area contributed by atoms with Gasteiger partial charge >= 0.3 is 12.2 Å². The summed E-state index contributed by atoms with van der Waals surface area (Å²) in [7, 11) is 1.53. The molecule has 2 N–H and O–H groups in total. The van der Waals surface area contributed by atoms with Gasteiger partial charge in [0.2, 0.25) is 0 Å². The fourth-order valence-corrected chi connectivity index (χ4v) is 3.46. The Morgan fingerprint density at radius 2 is 1.81 bits per heavy atom. The monoisotopic (exact) mass is 435 g/mol. The second kappa shape index (κ2) is 9.72. The molecule has 3 rings (SSSR count). The molecule has 166 valence electrons. The average Bonchev–Trinajstić information content (AvgIpc) is 2.77. The molecule has 0 aliphatic carbocycles. The molecule has 1 saturated heterocycles. The molecule has 2 aromatic rings. The number of urea groups is 1. The number of carbonyl (C=O) groups is 2. The molecule has 31 heavy (non-hydrogen) atoms. The summed E-state index contributed by atoms with van der Waals surface area (Å²) in [6.07, 6.45) is -3.13. The second-order valence-electron chi connectivity index (χ2n) is 7.35. The van der Waals surface area contributed by atoms with Crippen LogP contribution in [0.2, 0.25) is 0 Å². The van der Waals surface area contributed by atoms with Crippen molar-refractivity contribution in [2.75, 3.05) is 32.1 Å². The minimum absolute atomic E-state index is 0.0246. The van der Waals surface area contributed by atoms with E-state index in [-0.39, 0.29) is 17.5 Å². The maximum absolute atomic E-state index is 12.8. The van der Waals surface area contributed by atoms with Gasteiger partial charge in [0, 0.05) is 25.2 Å². The summed E-state index contributed by atoms with van der Waals surface area (Å²) in [4.78, 5) is 26.4. The number of rotatable bonds is 5. The fourth-order valence-electron chi connectivity index (χ4n) is 3.46.